The molecule has 1 saturated heterocycles. The van der Waals surface area contributed by atoms with E-state index < -0.39 is 16.0 Å². The predicted molar refractivity (Wildman–Crippen MR) is 124 cm³/mol. The molecule has 0 amide bonds. The number of hydrogen-bond donors (Lipinski definition) is 0. The topological polar surface area (TPSA) is 91.4 Å². The molecule has 3 rings (SSSR count). The van der Waals surface area contributed by atoms with Crippen LogP contribution in [-0.4, -0.2) is 58.7 Å². The van der Waals surface area contributed by atoms with Crippen LogP contribution in [0.5, 0.6) is 11.5 Å². The number of benzene rings is 2. The van der Waals surface area contributed by atoms with Crippen molar-refractivity contribution in [3.05, 3.63) is 58.6 Å². The number of esters is 1. The third-order valence-corrected chi connectivity index (χ3v) is 7.01. The molecule has 1 fully saturated rings. The molecule has 0 saturated carbocycles. The second kappa shape index (κ2) is 11.5. The highest BCUT2D eigenvalue weighted by Crippen LogP contribution is 2.36. The van der Waals surface area contributed by atoms with Gasteiger partial charge in [-0.3, -0.25) is 0 Å². The van der Waals surface area contributed by atoms with Gasteiger partial charge in [-0.2, -0.15) is 4.31 Å². The minimum atomic E-state index is -3.62. The summed E-state index contributed by atoms with van der Waals surface area (Å²) in [6.07, 6.45) is 2.82. The van der Waals surface area contributed by atoms with Crippen molar-refractivity contribution < 1.29 is 32.2 Å². The summed E-state index contributed by atoms with van der Waals surface area (Å²) in [5, 5.41) is 0.356. The molecule has 0 aromatic heterocycles. The van der Waals surface area contributed by atoms with E-state index in [1.54, 1.807) is 30.3 Å². The third-order valence-electron chi connectivity index (χ3n) is 4.84. The maximum atomic E-state index is 12.8. The van der Waals surface area contributed by atoms with Gasteiger partial charge in [-0.05, 0) is 48.4 Å². The van der Waals surface area contributed by atoms with Crippen LogP contribution in [0.3, 0.4) is 0 Å². The Morgan fingerprint density at radius 1 is 1.21 bits per heavy atom. The van der Waals surface area contributed by atoms with Crippen LogP contribution in [0.1, 0.15) is 18.1 Å². The summed E-state index contributed by atoms with van der Waals surface area (Å²) in [5.41, 5.74) is 1.21. The van der Waals surface area contributed by atoms with Crippen molar-refractivity contribution in [3.8, 4) is 11.5 Å². The molecular formula is C23H26ClNO7S. The number of rotatable bonds is 9. The number of ether oxygens (including phenoxy) is 4. The first-order valence-electron chi connectivity index (χ1n) is 10.4. The van der Waals surface area contributed by atoms with Crippen molar-refractivity contribution in [1.29, 1.82) is 0 Å². The van der Waals surface area contributed by atoms with E-state index in [1.165, 1.54) is 29.6 Å². The number of halogens is 1. The molecule has 1 aliphatic heterocycles. The van der Waals surface area contributed by atoms with E-state index in [1.807, 2.05) is 6.92 Å². The number of nitrogens with zero attached hydrogens (tertiary/aromatic N) is 1. The smallest absolute Gasteiger partial charge is 0.331 e. The lowest BCUT2D eigenvalue weighted by Crippen LogP contribution is -2.40. The summed E-state index contributed by atoms with van der Waals surface area (Å²) < 4.78 is 48.3. The van der Waals surface area contributed by atoms with Gasteiger partial charge in [0.1, 0.15) is 6.61 Å². The Morgan fingerprint density at radius 3 is 2.67 bits per heavy atom. The second-order valence-electron chi connectivity index (χ2n) is 7.07. The van der Waals surface area contributed by atoms with Gasteiger partial charge in [0, 0.05) is 19.2 Å². The van der Waals surface area contributed by atoms with Crippen LogP contribution in [0.4, 0.5) is 0 Å². The van der Waals surface area contributed by atoms with Crippen molar-refractivity contribution in [2.24, 2.45) is 0 Å². The molecule has 0 N–H and O–H groups in total. The Morgan fingerprint density at radius 2 is 1.97 bits per heavy atom. The zero-order valence-corrected chi connectivity index (χ0v) is 20.0. The third kappa shape index (κ3) is 6.48. The number of carbonyl (C=O) groups is 1. The molecule has 2 aromatic carbocycles. The quantitative estimate of drug-likeness (QED) is 0.388. The first-order chi connectivity index (χ1) is 15.8. The minimum absolute atomic E-state index is 0.0663. The van der Waals surface area contributed by atoms with Crippen LogP contribution in [-0.2, 0) is 30.9 Å². The minimum Gasteiger partial charge on any atom is -0.491 e. The average Bonchev–Trinajstić information content (AvgIpc) is 2.82. The second-order valence-corrected chi connectivity index (χ2v) is 9.42. The van der Waals surface area contributed by atoms with E-state index in [9.17, 15) is 13.2 Å². The number of morpholine rings is 1. The Balaban J connectivity index is 1.64. The lowest BCUT2D eigenvalue weighted by molar-refractivity contribution is -0.138. The summed E-state index contributed by atoms with van der Waals surface area (Å²) >= 11 is 6.22. The van der Waals surface area contributed by atoms with Crippen molar-refractivity contribution >= 4 is 33.7 Å². The standard InChI is InChI=1S/C23H26ClNO7S/c1-3-31-21-15-17(14-20(24)23(21)29-2)7-8-22(26)32-16-18-5-4-6-19(13-18)33(27,28)25-9-11-30-12-10-25/h4-8,13-15H,3,9-12,16H2,1-2H3. The lowest BCUT2D eigenvalue weighted by Gasteiger charge is -2.26. The van der Waals surface area contributed by atoms with Crippen LogP contribution in [0.2, 0.25) is 5.02 Å². The first-order valence-corrected chi connectivity index (χ1v) is 12.2. The van der Waals surface area contributed by atoms with Crippen LogP contribution in [0.15, 0.2) is 47.4 Å². The van der Waals surface area contributed by atoms with E-state index in [4.69, 9.17) is 30.5 Å². The SMILES string of the molecule is CCOc1cc(C=CC(=O)OCc2cccc(S(=O)(=O)N3CCOCC3)c2)cc(Cl)c1OC. The van der Waals surface area contributed by atoms with Crippen LogP contribution in [0.25, 0.3) is 6.08 Å². The molecule has 0 aliphatic carbocycles. The Bertz CT molecular complexity index is 1110. The molecule has 8 nitrogen and oxygen atoms in total. The first kappa shape index (κ1) is 25.0. The van der Waals surface area contributed by atoms with Gasteiger partial charge in [-0.1, -0.05) is 23.7 Å². The van der Waals surface area contributed by atoms with E-state index >= 15 is 0 Å². The van der Waals surface area contributed by atoms with Gasteiger partial charge in [0.25, 0.3) is 0 Å². The number of methoxy groups -OCH3 is 1. The van der Waals surface area contributed by atoms with Gasteiger partial charge >= 0.3 is 5.97 Å². The van der Waals surface area contributed by atoms with E-state index in [-0.39, 0.29) is 11.5 Å². The molecule has 0 radical (unpaired) electrons. The summed E-state index contributed by atoms with van der Waals surface area (Å²) in [6.45, 7) is 3.57. The van der Waals surface area contributed by atoms with Crippen molar-refractivity contribution in [2.45, 2.75) is 18.4 Å². The van der Waals surface area contributed by atoms with Crippen LogP contribution >= 0.6 is 11.6 Å². The molecule has 1 aliphatic rings. The fourth-order valence-electron chi connectivity index (χ4n) is 3.24. The summed E-state index contributed by atoms with van der Waals surface area (Å²) in [6, 6.07) is 9.72. The molecule has 2 aromatic rings. The van der Waals surface area contributed by atoms with Crippen molar-refractivity contribution in [2.75, 3.05) is 40.0 Å². The zero-order chi connectivity index (χ0) is 23.8. The predicted octanol–water partition coefficient (Wildman–Crippen LogP) is 3.52. The molecular weight excluding hydrogens is 470 g/mol. The fraction of sp³-hybridized carbons (Fsp3) is 0.348. The van der Waals surface area contributed by atoms with E-state index in [0.717, 1.165) is 0 Å². The Labute approximate surface area is 198 Å². The van der Waals surface area contributed by atoms with Gasteiger partial charge in [-0.15, -0.1) is 0 Å². The highest BCUT2D eigenvalue weighted by molar-refractivity contribution is 7.89. The fourth-order valence-corrected chi connectivity index (χ4v) is 5.02. The molecule has 0 atom stereocenters. The monoisotopic (exact) mass is 495 g/mol. The number of carbonyl (C=O) groups excluding carboxylic acids is 1. The van der Waals surface area contributed by atoms with Crippen LogP contribution in [0, 0.1) is 0 Å². The Kier molecular flexibility index (Phi) is 8.74. The van der Waals surface area contributed by atoms with Gasteiger partial charge in [0.2, 0.25) is 10.0 Å². The summed E-state index contributed by atoms with van der Waals surface area (Å²) in [7, 11) is -2.13. The Hall–Kier alpha value is -2.59. The highest BCUT2D eigenvalue weighted by atomic mass is 35.5. The normalized spacial score (nSPS) is 14.9. The lowest BCUT2D eigenvalue weighted by atomic mass is 10.2. The maximum absolute atomic E-state index is 12.8. The largest absolute Gasteiger partial charge is 0.491 e. The summed E-state index contributed by atoms with van der Waals surface area (Å²) in [5.74, 6) is 0.310. The van der Waals surface area contributed by atoms with Gasteiger partial charge in [0.15, 0.2) is 11.5 Å². The van der Waals surface area contributed by atoms with Crippen molar-refractivity contribution in [1.82, 2.24) is 4.31 Å². The molecule has 1 heterocycles. The average molecular weight is 496 g/mol. The molecule has 0 bridgehead atoms. The summed E-state index contributed by atoms with van der Waals surface area (Å²) in [4.78, 5) is 12.4. The van der Waals surface area contributed by atoms with Gasteiger partial charge < -0.3 is 18.9 Å². The highest BCUT2D eigenvalue weighted by Gasteiger charge is 2.26. The van der Waals surface area contributed by atoms with E-state index in [2.05, 4.69) is 0 Å². The molecule has 10 heteroatoms. The molecule has 0 unspecified atom stereocenters. The van der Waals surface area contributed by atoms with Gasteiger partial charge in [-0.25, -0.2) is 13.2 Å². The zero-order valence-electron chi connectivity index (χ0n) is 18.5. The molecule has 178 valence electrons. The maximum Gasteiger partial charge on any atom is 0.331 e. The van der Waals surface area contributed by atoms with Gasteiger partial charge in [0.05, 0.1) is 36.8 Å². The number of hydrogen-bond acceptors (Lipinski definition) is 7. The van der Waals surface area contributed by atoms with Crippen LogP contribution < -0.4 is 9.47 Å². The molecule has 0 spiro atoms. The van der Waals surface area contributed by atoms with E-state index in [0.29, 0.717) is 60.6 Å². The van der Waals surface area contributed by atoms with Crippen molar-refractivity contribution in [3.63, 3.8) is 0 Å². The molecule has 33 heavy (non-hydrogen) atoms. The number of sulfonamides is 1.